The van der Waals surface area contributed by atoms with Crippen LogP contribution in [-0.2, 0) is 24.7 Å². The van der Waals surface area contributed by atoms with Crippen molar-refractivity contribution in [3.63, 3.8) is 0 Å². The van der Waals surface area contributed by atoms with E-state index in [9.17, 15) is 0 Å². The van der Waals surface area contributed by atoms with Crippen LogP contribution in [-0.4, -0.2) is 5.71 Å². The standard InChI is InChI=1S/C22H16N.2ClH.Zr/c1-13-7-9-17-14(2)21-19-12-16(15-5-3-4-6-15)8-10-20(19)23-22(21)18(17)11-13;;;/h3-5,7-11H,6H2,1-2H3;2*1H;/q;;;+2/p-2. The van der Waals surface area contributed by atoms with E-state index in [0.29, 0.717) is 0 Å². The van der Waals surface area contributed by atoms with Gasteiger partial charge in [0.15, 0.2) is 0 Å². The molecule has 127 valence electrons. The number of hydrogen-bond donors (Lipinski definition) is 0. The molecule has 0 radical (unpaired) electrons. The monoisotopic (exact) mass is 454 g/mol. The second-order valence-corrected chi connectivity index (χ2v) is 7.94. The number of fused-ring (bicyclic) bond motifs is 5. The Morgan fingerprint density at radius 3 is 2.46 bits per heavy atom. The van der Waals surface area contributed by atoms with Gasteiger partial charge in [0.2, 0.25) is 0 Å². The van der Waals surface area contributed by atoms with Crippen LogP contribution < -0.4 is 28.1 Å². The van der Waals surface area contributed by atoms with E-state index in [1.54, 1.807) is 0 Å². The van der Waals surface area contributed by atoms with Crippen LogP contribution in [0.3, 0.4) is 0 Å². The molecule has 4 heteroatoms. The average Bonchev–Trinajstić information content (AvgIpc) is 3.26. The van der Waals surface area contributed by atoms with Crippen molar-refractivity contribution >= 4 is 31.4 Å². The molecule has 0 N–H and O–H groups in total. The van der Waals surface area contributed by atoms with Gasteiger partial charge in [-0.15, -0.1) is 0 Å². The summed E-state index contributed by atoms with van der Waals surface area (Å²) in [4.78, 5) is 5.01. The Kier molecular flexibility index (Phi) is 5.32. The Hall–Kier alpha value is -1.21. The minimum atomic E-state index is 0. The van der Waals surface area contributed by atoms with E-state index in [2.05, 4.69) is 62.4 Å². The Balaban J connectivity index is 0.000000980. The molecule has 2 aliphatic carbocycles. The fourth-order valence-corrected chi connectivity index (χ4v) is 5.24. The molecule has 1 aliphatic heterocycles. The molecule has 2 aromatic rings. The van der Waals surface area contributed by atoms with Crippen molar-refractivity contribution in [3.8, 4) is 0 Å². The molecule has 26 heavy (non-hydrogen) atoms. The van der Waals surface area contributed by atoms with E-state index in [1.807, 2.05) is 0 Å². The molecule has 0 saturated carbocycles. The molecule has 0 saturated heterocycles. The summed E-state index contributed by atoms with van der Waals surface area (Å²) in [5.74, 6) is 0. The van der Waals surface area contributed by atoms with Crippen molar-refractivity contribution in [2.45, 2.75) is 20.3 Å². The van der Waals surface area contributed by atoms with Crippen LogP contribution in [0.15, 0.2) is 53.6 Å². The minimum absolute atomic E-state index is 0. The number of benzene rings is 2. The first-order valence-electron chi connectivity index (χ1n) is 8.31. The van der Waals surface area contributed by atoms with E-state index in [1.165, 1.54) is 78.2 Å². The van der Waals surface area contributed by atoms with Crippen molar-refractivity contribution in [1.82, 2.24) is 0 Å². The molecule has 0 amide bonds. The number of allylic oxidation sites excluding steroid dienone is 6. The first kappa shape index (κ1) is 19.6. The van der Waals surface area contributed by atoms with Gasteiger partial charge in [0.1, 0.15) is 0 Å². The molecule has 0 aromatic heterocycles. The molecule has 0 bridgehead atoms. The zero-order valence-electron chi connectivity index (χ0n) is 14.5. The van der Waals surface area contributed by atoms with Crippen molar-refractivity contribution < 1.29 is 49.5 Å². The molecule has 2 aromatic carbocycles. The smallest absolute Gasteiger partial charge is 1.00 e. The number of hydrogen-bond acceptors (Lipinski definition) is 1. The third-order valence-corrected chi connectivity index (χ3v) is 6.51. The SMILES string of the molecule is CC1=C2C(=Nc3ccc(C4=CC=CC4)[c]([Zr+2])c32)c2cc(C)ccc21.[Cl-].[Cl-]. The van der Waals surface area contributed by atoms with Gasteiger partial charge in [-0.3, -0.25) is 0 Å². The Morgan fingerprint density at radius 2 is 1.73 bits per heavy atom. The molecule has 1 nitrogen and oxygen atoms in total. The average molecular weight is 457 g/mol. The van der Waals surface area contributed by atoms with E-state index in [-0.39, 0.29) is 24.8 Å². The second-order valence-electron chi connectivity index (χ2n) is 6.72. The molecule has 0 atom stereocenters. The van der Waals surface area contributed by atoms with Crippen molar-refractivity contribution in [2.75, 3.05) is 0 Å². The largest absolute Gasteiger partial charge is 1.00 e. The Labute approximate surface area is 181 Å². The van der Waals surface area contributed by atoms with Crippen molar-refractivity contribution in [1.29, 1.82) is 0 Å². The summed E-state index contributed by atoms with van der Waals surface area (Å²) >= 11 is 1.46. The van der Waals surface area contributed by atoms with Crippen molar-refractivity contribution in [3.05, 3.63) is 76.4 Å². The van der Waals surface area contributed by atoms with Crippen LogP contribution >= 0.6 is 0 Å². The molecule has 5 rings (SSSR count). The van der Waals surface area contributed by atoms with Crippen LogP contribution in [0.5, 0.6) is 0 Å². The molecular formula is C22H16Cl2NZr. The van der Waals surface area contributed by atoms with E-state index >= 15 is 0 Å². The number of aryl methyl sites for hydroxylation is 1. The van der Waals surface area contributed by atoms with Gasteiger partial charge in [-0.25, -0.2) is 0 Å². The Morgan fingerprint density at radius 1 is 0.962 bits per heavy atom. The van der Waals surface area contributed by atoms with Gasteiger partial charge in [-0.1, -0.05) is 0 Å². The van der Waals surface area contributed by atoms with Gasteiger partial charge < -0.3 is 24.8 Å². The van der Waals surface area contributed by atoms with Gasteiger partial charge in [-0.05, 0) is 0 Å². The molecule has 3 aliphatic rings. The van der Waals surface area contributed by atoms with Crippen LogP contribution in [0.2, 0.25) is 0 Å². The third-order valence-electron chi connectivity index (χ3n) is 5.23. The summed E-state index contributed by atoms with van der Waals surface area (Å²) in [6.07, 6.45) is 7.70. The van der Waals surface area contributed by atoms with E-state index in [4.69, 9.17) is 4.99 Å². The molecule has 0 spiro atoms. The first-order chi connectivity index (χ1) is 11.6. The Bertz CT molecular complexity index is 1060. The summed E-state index contributed by atoms with van der Waals surface area (Å²) in [6.45, 7) is 4.41. The van der Waals surface area contributed by atoms with Gasteiger partial charge in [0.25, 0.3) is 0 Å². The molecule has 1 heterocycles. The van der Waals surface area contributed by atoms with Crippen molar-refractivity contribution in [2.24, 2.45) is 4.99 Å². The number of nitrogens with zero attached hydrogens (tertiary/aromatic N) is 1. The summed E-state index contributed by atoms with van der Waals surface area (Å²) in [5, 5.41) is 0. The van der Waals surface area contributed by atoms with Gasteiger partial charge >= 0.3 is 158 Å². The summed E-state index contributed by atoms with van der Waals surface area (Å²) in [6, 6.07) is 11.2. The number of aliphatic imine (C=N–C) groups is 1. The number of halogens is 2. The predicted octanol–water partition coefficient (Wildman–Crippen LogP) is -1.10. The normalized spacial score (nSPS) is 15.7. The van der Waals surface area contributed by atoms with E-state index < -0.39 is 0 Å². The van der Waals surface area contributed by atoms with Gasteiger partial charge in [-0.2, -0.15) is 0 Å². The van der Waals surface area contributed by atoms with Crippen LogP contribution in [0.1, 0.15) is 41.2 Å². The molecule has 0 unspecified atom stereocenters. The van der Waals surface area contributed by atoms with Gasteiger partial charge in [0, 0.05) is 0 Å². The maximum absolute atomic E-state index is 5.01. The maximum atomic E-state index is 5.01. The zero-order valence-corrected chi connectivity index (χ0v) is 18.5. The minimum Gasteiger partial charge on any atom is -1.00 e. The van der Waals surface area contributed by atoms with Crippen LogP contribution in [0.4, 0.5) is 5.69 Å². The quantitative estimate of drug-likeness (QED) is 0.517. The van der Waals surface area contributed by atoms with Gasteiger partial charge in [0.05, 0.1) is 0 Å². The topological polar surface area (TPSA) is 12.4 Å². The summed E-state index contributed by atoms with van der Waals surface area (Å²) in [7, 11) is 0. The van der Waals surface area contributed by atoms with Crippen LogP contribution in [0, 0.1) is 6.92 Å². The van der Waals surface area contributed by atoms with Crippen LogP contribution in [0.25, 0.3) is 16.7 Å². The van der Waals surface area contributed by atoms with E-state index in [0.717, 1.165) is 12.1 Å². The third kappa shape index (κ3) is 2.66. The fraction of sp³-hybridized carbons (Fsp3) is 0.136. The number of rotatable bonds is 1. The summed E-state index contributed by atoms with van der Waals surface area (Å²) in [5.41, 5.74) is 13.2. The molecule has 0 fully saturated rings. The second kappa shape index (κ2) is 7.08. The fourth-order valence-electron chi connectivity index (χ4n) is 4.02. The first-order valence-corrected chi connectivity index (χ1v) is 9.54. The zero-order chi connectivity index (χ0) is 16.4. The predicted molar refractivity (Wildman–Crippen MR) is 97.7 cm³/mol. The maximum Gasteiger partial charge on any atom is -1.00 e. The summed E-state index contributed by atoms with van der Waals surface area (Å²) < 4.78 is 1.45. The molecular weight excluding hydrogens is 440 g/mol.